The number of hydrogen-bond acceptors (Lipinski definition) is 3. The Morgan fingerprint density at radius 2 is 2.08 bits per heavy atom. The van der Waals surface area contributed by atoms with Crippen LogP contribution in [0.1, 0.15) is 43.7 Å². The third-order valence-electron chi connectivity index (χ3n) is 5.20. The molecule has 2 aliphatic rings. The Balaban J connectivity index is 1.50. The molecule has 5 heteroatoms. The van der Waals surface area contributed by atoms with Gasteiger partial charge in [0.05, 0.1) is 6.61 Å². The van der Waals surface area contributed by atoms with Gasteiger partial charge in [0, 0.05) is 32.2 Å². The maximum atomic E-state index is 13.8. The van der Waals surface area contributed by atoms with Crippen LogP contribution in [0.3, 0.4) is 0 Å². The van der Waals surface area contributed by atoms with Gasteiger partial charge in [-0.05, 0) is 42.9 Å². The quantitative estimate of drug-likeness (QED) is 0.789. The maximum absolute atomic E-state index is 13.8. The Morgan fingerprint density at radius 3 is 2.83 bits per heavy atom. The molecular formula is C19H27FN2O2. The molecular weight excluding hydrogens is 307 g/mol. The van der Waals surface area contributed by atoms with E-state index in [1.165, 1.54) is 0 Å². The fraction of sp³-hybridized carbons (Fsp3) is 0.632. The van der Waals surface area contributed by atoms with Crippen molar-refractivity contribution in [3.05, 3.63) is 35.1 Å². The molecule has 1 aromatic rings. The molecule has 0 spiro atoms. The fourth-order valence-corrected chi connectivity index (χ4v) is 3.71. The van der Waals surface area contributed by atoms with Crippen LogP contribution >= 0.6 is 0 Å². The van der Waals surface area contributed by atoms with Crippen LogP contribution in [0.4, 0.5) is 9.18 Å². The summed E-state index contributed by atoms with van der Waals surface area (Å²) in [7, 11) is 0. The van der Waals surface area contributed by atoms with Crippen molar-refractivity contribution in [2.24, 2.45) is 0 Å². The van der Waals surface area contributed by atoms with Gasteiger partial charge in [-0.2, -0.15) is 0 Å². The summed E-state index contributed by atoms with van der Waals surface area (Å²) in [6, 6.07) is 5.86. The first kappa shape index (κ1) is 17.2. The highest BCUT2D eigenvalue weighted by atomic mass is 19.1. The molecule has 3 rings (SSSR count). The SMILES string of the molecule is CCCCOC(=O)N1CCC(N2CCc3c(F)cccc3C2)CC1. The number of fused-ring (bicyclic) bond motifs is 1. The van der Waals surface area contributed by atoms with E-state index in [9.17, 15) is 9.18 Å². The predicted molar refractivity (Wildman–Crippen MR) is 91.4 cm³/mol. The molecule has 0 atom stereocenters. The molecule has 0 saturated carbocycles. The zero-order valence-electron chi connectivity index (χ0n) is 14.5. The van der Waals surface area contributed by atoms with Crippen molar-refractivity contribution in [3.63, 3.8) is 0 Å². The normalized spacial score (nSPS) is 19.2. The zero-order valence-corrected chi connectivity index (χ0v) is 14.5. The molecule has 1 fully saturated rings. The molecule has 2 aliphatic heterocycles. The number of carbonyl (C=O) groups is 1. The summed E-state index contributed by atoms with van der Waals surface area (Å²) in [6.07, 6.45) is 4.49. The lowest BCUT2D eigenvalue weighted by Gasteiger charge is -2.40. The van der Waals surface area contributed by atoms with Crippen LogP contribution < -0.4 is 0 Å². The minimum absolute atomic E-state index is 0.0724. The molecule has 0 aromatic heterocycles. The van der Waals surface area contributed by atoms with Crippen LogP contribution in [-0.2, 0) is 17.7 Å². The van der Waals surface area contributed by atoms with E-state index in [0.29, 0.717) is 12.6 Å². The molecule has 24 heavy (non-hydrogen) atoms. The number of unbranched alkanes of at least 4 members (excludes halogenated alkanes) is 1. The van der Waals surface area contributed by atoms with Gasteiger partial charge in [-0.1, -0.05) is 25.5 Å². The average molecular weight is 334 g/mol. The van der Waals surface area contributed by atoms with Crippen LogP contribution in [0, 0.1) is 5.82 Å². The highest BCUT2D eigenvalue weighted by molar-refractivity contribution is 5.67. The van der Waals surface area contributed by atoms with Gasteiger partial charge in [0.1, 0.15) is 5.82 Å². The van der Waals surface area contributed by atoms with E-state index in [0.717, 1.165) is 69.4 Å². The lowest BCUT2D eigenvalue weighted by atomic mass is 9.95. The van der Waals surface area contributed by atoms with E-state index in [1.807, 2.05) is 11.0 Å². The molecule has 0 unspecified atom stereocenters. The second-order valence-electron chi connectivity index (χ2n) is 6.78. The molecule has 132 valence electrons. The summed E-state index contributed by atoms with van der Waals surface area (Å²) in [4.78, 5) is 16.3. The monoisotopic (exact) mass is 334 g/mol. The third-order valence-corrected chi connectivity index (χ3v) is 5.20. The largest absolute Gasteiger partial charge is 0.449 e. The lowest BCUT2D eigenvalue weighted by Crippen LogP contribution is -2.48. The Labute approximate surface area is 143 Å². The summed E-state index contributed by atoms with van der Waals surface area (Å²) < 4.78 is 19.1. The number of halogens is 1. The minimum Gasteiger partial charge on any atom is -0.449 e. The molecule has 1 saturated heterocycles. The van der Waals surface area contributed by atoms with Crippen molar-refractivity contribution >= 4 is 6.09 Å². The van der Waals surface area contributed by atoms with Crippen LogP contribution in [0.25, 0.3) is 0 Å². The average Bonchev–Trinajstić information content (AvgIpc) is 2.62. The summed E-state index contributed by atoms with van der Waals surface area (Å²) >= 11 is 0. The molecule has 1 aromatic carbocycles. The van der Waals surface area contributed by atoms with Crippen LogP contribution in [0.15, 0.2) is 18.2 Å². The van der Waals surface area contributed by atoms with Gasteiger partial charge in [-0.15, -0.1) is 0 Å². The Kier molecular flexibility index (Phi) is 5.72. The number of amides is 1. The minimum atomic E-state index is -0.173. The smallest absolute Gasteiger partial charge is 0.409 e. The molecule has 2 heterocycles. The van der Waals surface area contributed by atoms with Crippen molar-refractivity contribution in [1.29, 1.82) is 0 Å². The topological polar surface area (TPSA) is 32.8 Å². The van der Waals surface area contributed by atoms with Gasteiger partial charge in [-0.3, -0.25) is 4.90 Å². The Hall–Kier alpha value is -1.62. The van der Waals surface area contributed by atoms with Gasteiger partial charge in [-0.25, -0.2) is 9.18 Å². The first-order valence-corrected chi connectivity index (χ1v) is 9.11. The van der Waals surface area contributed by atoms with Gasteiger partial charge in [0.25, 0.3) is 0 Å². The van der Waals surface area contributed by atoms with Gasteiger partial charge in [0.2, 0.25) is 0 Å². The summed E-state index contributed by atoms with van der Waals surface area (Å²) in [6.45, 7) is 5.83. The van der Waals surface area contributed by atoms with Crippen molar-refractivity contribution in [2.45, 2.75) is 51.6 Å². The lowest BCUT2D eigenvalue weighted by molar-refractivity contribution is 0.0672. The summed E-state index contributed by atoms with van der Waals surface area (Å²) in [5, 5.41) is 0. The first-order chi connectivity index (χ1) is 11.7. The van der Waals surface area contributed by atoms with E-state index >= 15 is 0 Å². The highest BCUT2D eigenvalue weighted by Crippen LogP contribution is 2.26. The second kappa shape index (κ2) is 7.97. The van der Waals surface area contributed by atoms with Crippen LogP contribution in [0.5, 0.6) is 0 Å². The number of ether oxygens (including phenoxy) is 1. The summed E-state index contributed by atoms with van der Waals surface area (Å²) in [5.41, 5.74) is 1.99. The first-order valence-electron chi connectivity index (χ1n) is 9.11. The second-order valence-corrected chi connectivity index (χ2v) is 6.78. The van der Waals surface area contributed by atoms with Crippen molar-refractivity contribution in [1.82, 2.24) is 9.80 Å². The van der Waals surface area contributed by atoms with Gasteiger partial charge >= 0.3 is 6.09 Å². The number of benzene rings is 1. The highest BCUT2D eigenvalue weighted by Gasteiger charge is 2.30. The molecule has 1 amide bonds. The molecule has 0 bridgehead atoms. The molecule has 0 aliphatic carbocycles. The number of carbonyl (C=O) groups excluding carboxylic acids is 1. The van der Waals surface area contributed by atoms with Crippen molar-refractivity contribution in [2.75, 3.05) is 26.2 Å². The molecule has 0 N–H and O–H groups in total. The van der Waals surface area contributed by atoms with E-state index in [4.69, 9.17) is 4.74 Å². The standard InChI is InChI=1S/C19H27FN2O2/c1-2-3-13-24-19(23)21-10-7-16(8-11-21)22-12-9-17-15(14-22)5-4-6-18(17)20/h4-6,16H,2-3,7-14H2,1H3. The van der Waals surface area contributed by atoms with Crippen LogP contribution in [-0.4, -0.2) is 48.2 Å². The van der Waals surface area contributed by atoms with Crippen molar-refractivity contribution < 1.29 is 13.9 Å². The molecule has 0 radical (unpaired) electrons. The zero-order chi connectivity index (χ0) is 16.9. The number of hydrogen-bond donors (Lipinski definition) is 0. The number of likely N-dealkylation sites (tertiary alicyclic amines) is 1. The Bertz CT molecular complexity index is 570. The van der Waals surface area contributed by atoms with Crippen molar-refractivity contribution in [3.8, 4) is 0 Å². The van der Waals surface area contributed by atoms with E-state index < -0.39 is 0 Å². The van der Waals surface area contributed by atoms with E-state index in [-0.39, 0.29) is 11.9 Å². The van der Waals surface area contributed by atoms with Gasteiger partial charge in [0.15, 0.2) is 0 Å². The number of piperidine rings is 1. The number of rotatable bonds is 4. The van der Waals surface area contributed by atoms with Gasteiger partial charge < -0.3 is 9.64 Å². The van der Waals surface area contributed by atoms with Crippen LogP contribution in [0.2, 0.25) is 0 Å². The summed E-state index contributed by atoms with van der Waals surface area (Å²) in [5.74, 6) is -0.0724. The maximum Gasteiger partial charge on any atom is 0.409 e. The number of nitrogens with zero attached hydrogens (tertiary/aromatic N) is 2. The Morgan fingerprint density at radius 1 is 1.29 bits per heavy atom. The fourth-order valence-electron chi connectivity index (χ4n) is 3.71. The third kappa shape index (κ3) is 3.89. The predicted octanol–water partition coefficient (Wildman–Crippen LogP) is 3.58. The van der Waals surface area contributed by atoms with E-state index in [1.54, 1.807) is 12.1 Å². The molecule has 4 nitrogen and oxygen atoms in total. The van der Waals surface area contributed by atoms with E-state index in [2.05, 4.69) is 11.8 Å².